The van der Waals surface area contributed by atoms with E-state index in [2.05, 4.69) is 15.6 Å². The highest BCUT2D eigenvalue weighted by molar-refractivity contribution is 6.05. The first-order valence-corrected chi connectivity index (χ1v) is 7.73. The van der Waals surface area contributed by atoms with E-state index in [1.54, 1.807) is 36.4 Å². The molecule has 0 spiro atoms. The van der Waals surface area contributed by atoms with Crippen LogP contribution in [-0.2, 0) is 6.54 Å². The van der Waals surface area contributed by atoms with Crippen molar-refractivity contribution in [3.8, 4) is 6.07 Å². The number of pyridine rings is 1. The number of nitriles is 1. The number of benzene rings is 1. The van der Waals surface area contributed by atoms with Crippen LogP contribution in [-0.4, -0.2) is 16.8 Å². The van der Waals surface area contributed by atoms with Gasteiger partial charge in [0.05, 0.1) is 35.6 Å². The molecule has 0 aliphatic rings. The molecule has 128 valence electrons. The molecule has 2 heterocycles. The molecule has 0 bridgehead atoms. The molecule has 0 unspecified atom stereocenters. The Hall–Kier alpha value is -3.92. The lowest BCUT2D eigenvalue weighted by Crippen LogP contribution is -2.23. The summed E-state index contributed by atoms with van der Waals surface area (Å²) in [6.07, 6.45) is 4.27. The average Bonchev–Trinajstić information content (AvgIpc) is 3.20. The molecule has 0 saturated carbocycles. The Balaban J connectivity index is 1.68. The molecule has 26 heavy (non-hydrogen) atoms. The Kier molecular flexibility index (Phi) is 5.05. The molecule has 0 atom stereocenters. The summed E-state index contributed by atoms with van der Waals surface area (Å²) in [6, 6.07) is 13.5. The van der Waals surface area contributed by atoms with Gasteiger partial charge in [-0.3, -0.25) is 14.6 Å². The van der Waals surface area contributed by atoms with Gasteiger partial charge < -0.3 is 15.1 Å². The Morgan fingerprint density at radius 1 is 1.08 bits per heavy atom. The van der Waals surface area contributed by atoms with E-state index < -0.39 is 5.91 Å². The summed E-state index contributed by atoms with van der Waals surface area (Å²) in [7, 11) is 0. The number of amides is 2. The number of nitrogens with one attached hydrogen (secondary N) is 2. The van der Waals surface area contributed by atoms with Crippen LogP contribution in [0.25, 0.3) is 0 Å². The number of hydrogen-bond donors (Lipinski definition) is 2. The topological polar surface area (TPSA) is 108 Å². The summed E-state index contributed by atoms with van der Waals surface area (Å²) in [5.41, 5.74) is 1.42. The SMILES string of the molecule is N#Cc1cccc(NC(=O)c2cncc(C(=O)NCc3ccco3)c2)c1. The number of carbonyl (C=O) groups is 2. The van der Waals surface area contributed by atoms with Gasteiger partial charge in [-0.1, -0.05) is 6.07 Å². The summed E-state index contributed by atoms with van der Waals surface area (Å²) < 4.78 is 5.15. The summed E-state index contributed by atoms with van der Waals surface area (Å²) in [5, 5.41) is 14.3. The van der Waals surface area contributed by atoms with Crippen molar-refractivity contribution < 1.29 is 14.0 Å². The maximum Gasteiger partial charge on any atom is 0.257 e. The number of rotatable bonds is 5. The van der Waals surface area contributed by atoms with Crippen molar-refractivity contribution in [3.05, 3.63) is 83.6 Å². The highest BCUT2D eigenvalue weighted by Crippen LogP contribution is 2.12. The highest BCUT2D eigenvalue weighted by Gasteiger charge is 2.12. The van der Waals surface area contributed by atoms with Gasteiger partial charge in [0.25, 0.3) is 11.8 Å². The van der Waals surface area contributed by atoms with Gasteiger partial charge in [0.15, 0.2) is 0 Å². The largest absolute Gasteiger partial charge is 0.467 e. The molecule has 0 radical (unpaired) electrons. The van der Waals surface area contributed by atoms with Gasteiger partial charge in [0.1, 0.15) is 5.76 Å². The Labute approximate surface area is 149 Å². The molecular formula is C19H14N4O3. The van der Waals surface area contributed by atoms with Gasteiger partial charge in [-0.2, -0.15) is 5.26 Å². The van der Waals surface area contributed by atoms with E-state index in [9.17, 15) is 9.59 Å². The molecule has 1 aromatic carbocycles. The lowest BCUT2D eigenvalue weighted by molar-refractivity contribution is 0.0947. The lowest BCUT2D eigenvalue weighted by Gasteiger charge is -2.07. The van der Waals surface area contributed by atoms with Gasteiger partial charge in [-0.25, -0.2) is 0 Å². The van der Waals surface area contributed by atoms with Crippen molar-refractivity contribution in [1.82, 2.24) is 10.3 Å². The molecule has 0 fully saturated rings. The lowest BCUT2D eigenvalue weighted by atomic mass is 10.1. The molecule has 2 amide bonds. The van der Waals surface area contributed by atoms with E-state index in [-0.39, 0.29) is 23.6 Å². The van der Waals surface area contributed by atoms with E-state index in [0.29, 0.717) is 17.0 Å². The fraction of sp³-hybridized carbons (Fsp3) is 0.0526. The van der Waals surface area contributed by atoms with Crippen molar-refractivity contribution in [1.29, 1.82) is 5.26 Å². The molecule has 0 aliphatic carbocycles. The monoisotopic (exact) mass is 346 g/mol. The quantitative estimate of drug-likeness (QED) is 0.738. The van der Waals surface area contributed by atoms with Gasteiger partial charge in [-0.05, 0) is 36.4 Å². The summed E-state index contributed by atoms with van der Waals surface area (Å²) in [5.74, 6) is -0.166. The van der Waals surface area contributed by atoms with Gasteiger partial charge in [-0.15, -0.1) is 0 Å². The molecule has 0 saturated heterocycles. The molecule has 7 nitrogen and oxygen atoms in total. The van der Waals surface area contributed by atoms with Crippen molar-refractivity contribution in [3.63, 3.8) is 0 Å². The minimum Gasteiger partial charge on any atom is -0.467 e. The molecule has 0 aliphatic heterocycles. The fourth-order valence-corrected chi connectivity index (χ4v) is 2.24. The smallest absolute Gasteiger partial charge is 0.257 e. The molecular weight excluding hydrogens is 332 g/mol. The van der Waals surface area contributed by atoms with E-state index in [0.717, 1.165) is 0 Å². The zero-order valence-corrected chi connectivity index (χ0v) is 13.6. The third-order valence-corrected chi connectivity index (χ3v) is 3.52. The summed E-state index contributed by atoms with van der Waals surface area (Å²) in [6.45, 7) is 0.239. The number of nitrogens with zero attached hydrogens (tertiary/aromatic N) is 2. The zero-order chi connectivity index (χ0) is 18.4. The second-order valence-corrected chi connectivity index (χ2v) is 5.37. The third kappa shape index (κ3) is 4.13. The Morgan fingerprint density at radius 2 is 1.88 bits per heavy atom. The first-order valence-electron chi connectivity index (χ1n) is 7.73. The van der Waals surface area contributed by atoms with Gasteiger partial charge in [0.2, 0.25) is 0 Å². The van der Waals surface area contributed by atoms with E-state index in [4.69, 9.17) is 9.68 Å². The second-order valence-electron chi connectivity index (χ2n) is 5.37. The number of aromatic nitrogens is 1. The van der Waals surface area contributed by atoms with Crippen molar-refractivity contribution in [2.45, 2.75) is 6.54 Å². The highest BCUT2D eigenvalue weighted by atomic mass is 16.3. The van der Waals surface area contributed by atoms with Crippen molar-refractivity contribution in [2.24, 2.45) is 0 Å². The van der Waals surface area contributed by atoms with Crippen molar-refractivity contribution >= 4 is 17.5 Å². The van der Waals surface area contributed by atoms with Crippen LogP contribution in [0.1, 0.15) is 32.0 Å². The van der Waals surface area contributed by atoms with Crippen LogP contribution in [0.4, 0.5) is 5.69 Å². The maximum atomic E-state index is 12.4. The van der Waals surface area contributed by atoms with E-state index in [1.807, 2.05) is 6.07 Å². The van der Waals surface area contributed by atoms with Crippen LogP contribution in [0.2, 0.25) is 0 Å². The zero-order valence-electron chi connectivity index (χ0n) is 13.6. The Bertz CT molecular complexity index is 974. The first-order chi connectivity index (χ1) is 12.7. The number of anilines is 1. The van der Waals surface area contributed by atoms with Crippen LogP contribution in [0.15, 0.2) is 65.5 Å². The predicted octanol–water partition coefficient (Wildman–Crippen LogP) is 2.73. The molecule has 7 heteroatoms. The average molecular weight is 346 g/mol. The third-order valence-electron chi connectivity index (χ3n) is 3.52. The maximum absolute atomic E-state index is 12.4. The minimum absolute atomic E-state index is 0.234. The fourth-order valence-electron chi connectivity index (χ4n) is 2.24. The number of furan rings is 1. The second kappa shape index (κ2) is 7.77. The predicted molar refractivity (Wildman–Crippen MR) is 93.2 cm³/mol. The van der Waals surface area contributed by atoms with Crippen LogP contribution >= 0.6 is 0 Å². The van der Waals surface area contributed by atoms with Crippen LogP contribution in [0.5, 0.6) is 0 Å². The van der Waals surface area contributed by atoms with Gasteiger partial charge in [0, 0.05) is 18.1 Å². The van der Waals surface area contributed by atoms with Crippen LogP contribution < -0.4 is 10.6 Å². The summed E-state index contributed by atoms with van der Waals surface area (Å²) >= 11 is 0. The summed E-state index contributed by atoms with van der Waals surface area (Å²) in [4.78, 5) is 28.5. The van der Waals surface area contributed by atoms with Crippen LogP contribution in [0, 0.1) is 11.3 Å². The first kappa shape index (κ1) is 16.9. The molecule has 2 N–H and O–H groups in total. The normalized spacial score (nSPS) is 9.96. The molecule has 2 aromatic heterocycles. The Morgan fingerprint density at radius 3 is 2.62 bits per heavy atom. The molecule has 3 rings (SSSR count). The van der Waals surface area contributed by atoms with Gasteiger partial charge >= 0.3 is 0 Å². The van der Waals surface area contributed by atoms with Crippen LogP contribution in [0.3, 0.4) is 0 Å². The van der Waals surface area contributed by atoms with E-state index >= 15 is 0 Å². The minimum atomic E-state index is -0.423. The number of carbonyl (C=O) groups excluding carboxylic acids is 2. The number of hydrogen-bond acceptors (Lipinski definition) is 5. The standard InChI is InChI=1S/C19H14N4O3/c20-9-13-3-1-4-16(7-13)23-19(25)15-8-14(10-21-11-15)18(24)22-12-17-5-2-6-26-17/h1-8,10-11H,12H2,(H,22,24)(H,23,25). The molecule has 3 aromatic rings. The van der Waals surface area contributed by atoms with E-state index in [1.165, 1.54) is 24.7 Å². The van der Waals surface area contributed by atoms with Crippen molar-refractivity contribution in [2.75, 3.05) is 5.32 Å².